The van der Waals surface area contributed by atoms with Crippen molar-refractivity contribution in [3.05, 3.63) is 53.5 Å². The van der Waals surface area contributed by atoms with Crippen molar-refractivity contribution in [2.24, 2.45) is 5.10 Å². The lowest BCUT2D eigenvalue weighted by Crippen LogP contribution is -2.20. The molecule has 0 atom stereocenters. The van der Waals surface area contributed by atoms with Gasteiger partial charge >= 0.3 is 0 Å². The molecule has 1 amide bonds. The van der Waals surface area contributed by atoms with Crippen LogP contribution in [0.2, 0.25) is 0 Å². The maximum Gasteiger partial charge on any atom is 0.241 e. The van der Waals surface area contributed by atoms with Crippen LogP contribution in [0.15, 0.2) is 41.6 Å². The van der Waals surface area contributed by atoms with Gasteiger partial charge in [-0.05, 0) is 26.0 Å². The molecular formula is C17H19N5O. The van der Waals surface area contributed by atoms with E-state index < -0.39 is 0 Å². The van der Waals surface area contributed by atoms with Gasteiger partial charge in [0.1, 0.15) is 0 Å². The Balaban J connectivity index is 1.55. The van der Waals surface area contributed by atoms with Gasteiger partial charge in [0.05, 0.1) is 18.5 Å². The van der Waals surface area contributed by atoms with Crippen LogP contribution < -0.4 is 5.43 Å². The van der Waals surface area contributed by atoms with Gasteiger partial charge in [-0.3, -0.25) is 9.48 Å². The van der Waals surface area contributed by atoms with Crippen molar-refractivity contribution >= 4 is 23.0 Å². The molecule has 23 heavy (non-hydrogen) atoms. The number of aryl methyl sites for hydroxylation is 3. The molecule has 0 spiro atoms. The number of aromatic nitrogens is 3. The van der Waals surface area contributed by atoms with Crippen molar-refractivity contribution in [2.45, 2.75) is 26.8 Å². The summed E-state index contributed by atoms with van der Waals surface area (Å²) in [5.74, 6) is -0.131. The molecule has 1 aromatic carbocycles. The summed E-state index contributed by atoms with van der Waals surface area (Å²) in [6.45, 7) is 4.47. The number of carbonyl (C=O) groups is 1. The minimum atomic E-state index is -0.131. The number of benzene rings is 1. The molecule has 0 saturated heterocycles. The highest BCUT2D eigenvalue weighted by molar-refractivity contribution is 5.99. The van der Waals surface area contributed by atoms with E-state index in [1.807, 2.05) is 55.1 Å². The molecule has 3 rings (SSSR count). The van der Waals surface area contributed by atoms with Gasteiger partial charge in [-0.2, -0.15) is 10.2 Å². The minimum Gasteiger partial charge on any atom is -0.361 e. The van der Waals surface area contributed by atoms with Gasteiger partial charge in [-0.25, -0.2) is 5.43 Å². The monoisotopic (exact) mass is 309 g/mol. The number of rotatable bonds is 5. The first-order chi connectivity index (χ1) is 11.1. The number of H-pyrrole nitrogens is 1. The lowest BCUT2D eigenvalue weighted by Gasteiger charge is -2.03. The van der Waals surface area contributed by atoms with Crippen molar-refractivity contribution in [1.29, 1.82) is 0 Å². The fourth-order valence-electron chi connectivity index (χ4n) is 2.54. The molecule has 0 aliphatic heterocycles. The maximum atomic E-state index is 11.9. The van der Waals surface area contributed by atoms with Crippen molar-refractivity contribution < 1.29 is 4.79 Å². The number of hydrazone groups is 1. The highest BCUT2D eigenvalue weighted by Crippen LogP contribution is 2.15. The van der Waals surface area contributed by atoms with Crippen LogP contribution in [0.25, 0.3) is 10.9 Å². The van der Waals surface area contributed by atoms with Crippen molar-refractivity contribution in [3.8, 4) is 0 Å². The van der Waals surface area contributed by atoms with Crippen LogP contribution in [0.1, 0.15) is 23.4 Å². The molecule has 0 unspecified atom stereocenters. The molecule has 0 aliphatic rings. The summed E-state index contributed by atoms with van der Waals surface area (Å²) in [5, 5.41) is 9.44. The van der Waals surface area contributed by atoms with Crippen LogP contribution in [0.3, 0.4) is 0 Å². The Kier molecular flexibility index (Phi) is 4.23. The van der Waals surface area contributed by atoms with Gasteiger partial charge in [-0.15, -0.1) is 0 Å². The SMILES string of the molecule is Cc1cc(C)n(CCC(=O)NN=Cc2c[nH]c3ccccc23)n1. The van der Waals surface area contributed by atoms with Crippen molar-refractivity contribution in [1.82, 2.24) is 20.2 Å². The summed E-state index contributed by atoms with van der Waals surface area (Å²) in [5.41, 5.74) is 6.56. The van der Waals surface area contributed by atoms with Gasteiger partial charge in [0, 0.05) is 34.8 Å². The maximum absolute atomic E-state index is 11.9. The number of hydrogen-bond acceptors (Lipinski definition) is 3. The Bertz CT molecular complexity index is 859. The molecule has 2 aromatic heterocycles. The zero-order valence-corrected chi connectivity index (χ0v) is 13.2. The van der Waals surface area contributed by atoms with Crippen LogP contribution in [-0.2, 0) is 11.3 Å². The Morgan fingerprint density at radius 3 is 3.00 bits per heavy atom. The predicted octanol–water partition coefficient (Wildman–Crippen LogP) is 2.52. The Labute approximate surface area is 134 Å². The first-order valence-corrected chi connectivity index (χ1v) is 7.52. The Morgan fingerprint density at radius 2 is 2.22 bits per heavy atom. The van der Waals surface area contributed by atoms with E-state index in [0.29, 0.717) is 13.0 Å². The fourth-order valence-corrected chi connectivity index (χ4v) is 2.54. The van der Waals surface area contributed by atoms with Crippen LogP contribution in [0.4, 0.5) is 0 Å². The summed E-state index contributed by atoms with van der Waals surface area (Å²) in [4.78, 5) is 15.0. The van der Waals surface area contributed by atoms with E-state index in [1.165, 1.54) is 0 Å². The van der Waals surface area contributed by atoms with Crippen LogP contribution in [0.5, 0.6) is 0 Å². The molecule has 6 heteroatoms. The Hall–Kier alpha value is -2.89. The highest BCUT2D eigenvalue weighted by Gasteiger charge is 2.05. The van der Waals surface area contributed by atoms with Crippen LogP contribution in [0, 0.1) is 13.8 Å². The summed E-state index contributed by atoms with van der Waals surface area (Å²) < 4.78 is 1.83. The van der Waals surface area contributed by atoms with Gasteiger partial charge in [0.2, 0.25) is 5.91 Å². The van der Waals surface area contributed by atoms with E-state index in [1.54, 1.807) is 6.21 Å². The van der Waals surface area contributed by atoms with Crippen LogP contribution >= 0.6 is 0 Å². The van der Waals surface area contributed by atoms with E-state index in [2.05, 4.69) is 20.6 Å². The zero-order chi connectivity index (χ0) is 16.2. The van der Waals surface area contributed by atoms with Gasteiger partial charge in [0.25, 0.3) is 0 Å². The van der Waals surface area contributed by atoms with E-state index >= 15 is 0 Å². The highest BCUT2D eigenvalue weighted by atomic mass is 16.2. The molecule has 2 heterocycles. The topological polar surface area (TPSA) is 75.1 Å². The number of para-hydroxylation sites is 1. The number of aromatic amines is 1. The lowest BCUT2D eigenvalue weighted by molar-refractivity contribution is -0.121. The average molecular weight is 309 g/mol. The van der Waals surface area contributed by atoms with Gasteiger partial charge in [0.15, 0.2) is 0 Å². The third kappa shape index (κ3) is 3.48. The number of nitrogens with one attached hydrogen (secondary N) is 2. The fraction of sp³-hybridized carbons (Fsp3) is 0.235. The van der Waals surface area contributed by atoms with Crippen molar-refractivity contribution in [2.75, 3.05) is 0 Å². The summed E-state index contributed by atoms with van der Waals surface area (Å²) in [7, 11) is 0. The minimum absolute atomic E-state index is 0.131. The van der Waals surface area contributed by atoms with Gasteiger partial charge < -0.3 is 4.98 Å². The van der Waals surface area contributed by atoms with Gasteiger partial charge in [-0.1, -0.05) is 18.2 Å². The van der Waals surface area contributed by atoms with E-state index in [-0.39, 0.29) is 5.91 Å². The molecule has 0 radical (unpaired) electrons. The van der Waals surface area contributed by atoms with E-state index in [9.17, 15) is 4.79 Å². The molecule has 0 bridgehead atoms. The lowest BCUT2D eigenvalue weighted by atomic mass is 10.2. The third-order valence-electron chi connectivity index (χ3n) is 3.67. The molecule has 118 valence electrons. The molecule has 6 nitrogen and oxygen atoms in total. The second-order valence-electron chi connectivity index (χ2n) is 5.48. The van der Waals surface area contributed by atoms with Crippen molar-refractivity contribution in [3.63, 3.8) is 0 Å². The van der Waals surface area contributed by atoms with E-state index in [4.69, 9.17) is 0 Å². The summed E-state index contributed by atoms with van der Waals surface area (Å²) in [6.07, 6.45) is 3.86. The molecule has 0 saturated carbocycles. The molecule has 3 aromatic rings. The number of carbonyl (C=O) groups excluding carboxylic acids is 1. The second-order valence-corrected chi connectivity index (χ2v) is 5.48. The summed E-state index contributed by atoms with van der Waals surface area (Å²) >= 11 is 0. The molecule has 0 fully saturated rings. The number of fused-ring (bicyclic) bond motifs is 1. The largest absolute Gasteiger partial charge is 0.361 e. The van der Waals surface area contributed by atoms with Crippen LogP contribution in [-0.4, -0.2) is 26.9 Å². The standard InChI is InChI=1S/C17H19N5O/c1-12-9-13(2)22(21-12)8-7-17(23)20-19-11-14-10-18-16-6-4-3-5-15(14)16/h3-6,9-11,18H,7-8H2,1-2H3,(H,20,23). The average Bonchev–Trinajstić information content (AvgIpc) is 3.08. The predicted molar refractivity (Wildman–Crippen MR) is 90.4 cm³/mol. The third-order valence-corrected chi connectivity index (χ3v) is 3.67. The second kappa shape index (κ2) is 6.48. The first-order valence-electron chi connectivity index (χ1n) is 7.52. The molecule has 2 N–H and O–H groups in total. The normalized spacial score (nSPS) is 11.4. The molecule has 0 aliphatic carbocycles. The van der Waals surface area contributed by atoms with E-state index in [0.717, 1.165) is 27.9 Å². The first kappa shape index (κ1) is 15.0. The Morgan fingerprint density at radius 1 is 1.39 bits per heavy atom. The summed E-state index contributed by atoms with van der Waals surface area (Å²) in [6, 6.07) is 9.95. The number of hydrogen-bond donors (Lipinski definition) is 2. The smallest absolute Gasteiger partial charge is 0.241 e. The number of amides is 1. The zero-order valence-electron chi connectivity index (χ0n) is 13.2. The quantitative estimate of drug-likeness (QED) is 0.561. The molecular weight excluding hydrogens is 290 g/mol. The number of nitrogens with zero attached hydrogens (tertiary/aromatic N) is 3.